The SMILES string of the molecule is O=C(O)Cc1cc(OC(F)F)ccc1CCCCl. The van der Waals surface area contributed by atoms with E-state index >= 15 is 0 Å². The van der Waals surface area contributed by atoms with Crippen LogP contribution in [0.1, 0.15) is 17.5 Å². The Hall–Kier alpha value is -1.36. The molecule has 1 N–H and O–H groups in total. The van der Waals surface area contributed by atoms with Crippen LogP contribution in [0.25, 0.3) is 0 Å². The Kier molecular flexibility index (Phi) is 5.85. The van der Waals surface area contributed by atoms with Crippen LogP contribution in [-0.4, -0.2) is 23.6 Å². The van der Waals surface area contributed by atoms with Gasteiger partial charge in [-0.1, -0.05) is 6.07 Å². The Bertz CT molecular complexity index is 410. The van der Waals surface area contributed by atoms with Crippen molar-refractivity contribution >= 4 is 17.6 Å². The van der Waals surface area contributed by atoms with Crippen molar-refractivity contribution in [1.29, 1.82) is 0 Å². The lowest BCUT2D eigenvalue weighted by atomic mass is 10.0. The van der Waals surface area contributed by atoms with Crippen molar-refractivity contribution in [3.8, 4) is 5.75 Å². The Morgan fingerprint density at radius 1 is 1.39 bits per heavy atom. The van der Waals surface area contributed by atoms with Crippen molar-refractivity contribution in [3.05, 3.63) is 29.3 Å². The molecule has 0 aliphatic heterocycles. The first-order valence-electron chi connectivity index (χ1n) is 5.37. The number of ether oxygens (including phenoxy) is 1. The van der Waals surface area contributed by atoms with Crippen LogP contribution in [0, 0.1) is 0 Å². The highest BCUT2D eigenvalue weighted by Crippen LogP contribution is 2.21. The molecule has 1 rings (SSSR count). The molecule has 18 heavy (non-hydrogen) atoms. The van der Waals surface area contributed by atoms with Crippen LogP contribution >= 0.6 is 11.6 Å². The average Bonchev–Trinajstić information content (AvgIpc) is 2.26. The van der Waals surface area contributed by atoms with Crippen molar-refractivity contribution in [2.24, 2.45) is 0 Å². The van der Waals surface area contributed by atoms with E-state index in [1.807, 2.05) is 0 Å². The number of rotatable bonds is 7. The van der Waals surface area contributed by atoms with Crippen LogP contribution in [0.3, 0.4) is 0 Å². The normalized spacial score (nSPS) is 10.7. The predicted molar refractivity (Wildman–Crippen MR) is 63.5 cm³/mol. The molecule has 0 unspecified atom stereocenters. The molecule has 0 heterocycles. The van der Waals surface area contributed by atoms with Crippen LogP contribution in [0.4, 0.5) is 8.78 Å². The topological polar surface area (TPSA) is 46.5 Å². The molecule has 0 saturated heterocycles. The molecule has 0 aromatic heterocycles. The number of carboxylic acid groups (broad SMARTS) is 1. The van der Waals surface area contributed by atoms with E-state index in [0.717, 1.165) is 5.56 Å². The molecule has 0 aliphatic carbocycles. The first-order valence-corrected chi connectivity index (χ1v) is 5.90. The molecule has 100 valence electrons. The second-order valence-corrected chi connectivity index (χ2v) is 4.05. The molecular formula is C12H13ClF2O3. The number of hydrogen-bond acceptors (Lipinski definition) is 2. The fourth-order valence-electron chi connectivity index (χ4n) is 1.61. The monoisotopic (exact) mass is 278 g/mol. The van der Waals surface area contributed by atoms with Gasteiger partial charge in [-0.15, -0.1) is 11.6 Å². The van der Waals surface area contributed by atoms with E-state index in [-0.39, 0.29) is 12.2 Å². The lowest BCUT2D eigenvalue weighted by Crippen LogP contribution is -2.07. The molecule has 0 bridgehead atoms. The minimum absolute atomic E-state index is 0.0316. The fourth-order valence-corrected chi connectivity index (χ4v) is 1.74. The number of alkyl halides is 3. The number of aliphatic carboxylic acids is 1. The Morgan fingerprint density at radius 3 is 2.67 bits per heavy atom. The summed E-state index contributed by atoms with van der Waals surface area (Å²) >= 11 is 5.57. The van der Waals surface area contributed by atoms with E-state index in [0.29, 0.717) is 24.3 Å². The second kappa shape index (κ2) is 7.16. The summed E-state index contributed by atoms with van der Waals surface area (Å²) in [5.74, 6) is -0.589. The molecule has 1 aromatic carbocycles. The molecule has 0 fully saturated rings. The number of benzene rings is 1. The van der Waals surface area contributed by atoms with Gasteiger partial charge in [-0.2, -0.15) is 8.78 Å². The maximum Gasteiger partial charge on any atom is 0.387 e. The number of hydrogen-bond donors (Lipinski definition) is 1. The fraction of sp³-hybridized carbons (Fsp3) is 0.417. The van der Waals surface area contributed by atoms with Gasteiger partial charge in [0.2, 0.25) is 0 Å². The van der Waals surface area contributed by atoms with Crippen LogP contribution in [0.2, 0.25) is 0 Å². The van der Waals surface area contributed by atoms with Gasteiger partial charge < -0.3 is 9.84 Å². The second-order valence-electron chi connectivity index (χ2n) is 3.67. The first kappa shape index (κ1) is 14.7. The average molecular weight is 279 g/mol. The van der Waals surface area contributed by atoms with Gasteiger partial charge in [0.05, 0.1) is 6.42 Å². The summed E-state index contributed by atoms with van der Waals surface area (Å²) in [5, 5.41) is 8.77. The Balaban J connectivity index is 2.92. The largest absolute Gasteiger partial charge is 0.481 e. The summed E-state index contributed by atoms with van der Waals surface area (Å²) < 4.78 is 28.4. The lowest BCUT2D eigenvalue weighted by molar-refractivity contribution is -0.136. The van der Waals surface area contributed by atoms with Gasteiger partial charge in [0.15, 0.2) is 0 Å². The zero-order chi connectivity index (χ0) is 13.5. The van der Waals surface area contributed by atoms with Crippen LogP contribution in [-0.2, 0) is 17.6 Å². The van der Waals surface area contributed by atoms with Crippen molar-refractivity contribution < 1.29 is 23.4 Å². The van der Waals surface area contributed by atoms with Gasteiger partial charge in [-0.3, -0.25) is 4.79 Å². The molecule has 0 aliphatic rings. The summed E-state index contributed by atoms with van der Waals surface area (Å²) in [6.45, 7) is -2.92. The maximum atomic E-state index is 12.1. The molecule has 0 radical (unpaired) electrons. The van der Waals surface area contributed by atoms with Crippen LogP contribution < -0.4 is 4.74 Å². The number of halogens is 3. The van der Waals surface area contributed by atoms with E-state index < -0.39 is 12.6 Å². The minimum atomic E-state index is -2.92. The van der Waals surface area contributed by atoms with Crippen molar-refractivity contribution in [1.82, 2.24) is 0 Å². The molecule has 6 heteroatoms. The molecule has 3 nitrogen and oxygen atoms in total. The third-order valence-electron chi connectivity index (χ3n) is 2.32. The summed E-state index contributed by atoms with van der Waals surface area (Å²) in [6, 6.07) is 4.34. The Labute approximate surface area is 108 Å². The molecule has 1 aromatic rings. The zero-order valence-corrected chi connectivity index (χ0v) is 10.3. The standard InChI is InChI=1S/C12H13ClF2O3/c13-5-1-2-8-3-4-10(18-12(14)15)6-9(8)7-11(16)17/h3-4,6,12H,1-2,5,7H2,(H,16,17). The smallest absolute Gasteiger partial charge is 0.387 e. The molecule has 0 saturated carbocycles. The van der Waals surface area contributed by atoms with Gasteiger partial charge in [-0.05, 0) is 36.1 Å². The van der Waals surface area contributed by atoms with Crippen LogP contribution in [0.15, 0.2) is 18.2 Å². The third kappa shape index (κ3) is 4.87. The summed E-state index contributed by atoms with van der Waals surface area (Å²) in [5.41, 5.74) is 1.27. The van der Waals surface area contributed by atoms with E-state index in [9.17, 15) is 13.6 Å². The lowest BCUT2D eigenvalue weighted by Gasteiger charge is -2.10. The summed E-state index contributed by atoms with van der Waals surface area (Å²) in [7, 11) is 0. The van der Waals surface area contributed by atoms with Crippen molar-refractivity contribution in [2.45, 2.75) is 25.9 Å². The quantitative estimate of drug-likeness (QED) is 0.780. The van der Waals surface area contributed by atoms with Crippen molar-refractivity contribution in [2.75, 3.05) is 5.88 Å². The van der Waals surface area contributed by atoms with Gasteiger partial charge in [0.25, 0.3) is 0 Å². The van der Waals surface area contributed by atoms with Gasteiger partial charge in [0.1, 0.15) is 5.75 Å². The first-order chi connectivity index (χ1) is 8.52. The van der Waals surface area contributed by atoms with E-state index in [2.05, 4.69) is 4.74 Å². The minimum Gasteiger partial charge on any atom is -0.481 e. The summed E-state index contributed by atoms with van der Waals surface area (Å²) in [4.78, 5) is 10.7. The third-order valence-corrected chi connectivity index (χ3v) is 2.59. The van der Waals surface area contributed by atoms with E-state index in [1.165, 1.54) is 12.1 Å². The highest BCUT2D eigenvalue weighted by Gasteiger charge is 2.11. The highest BCUT2D eigenvalue weighted by molar-refractivity contribution is 6.17. The number of aryl methyl sites for hydroxylation is 1. The molecule has 0 spiro atoms. The van der Waals surface area contributed by atoms with Crippen LogP contribution in [0.5, 0.6) is 5.75 Å². The molecule has 0 atom stereocenters. The molecular weight excluding hydrogens is 266 g/mol. The van der Waals surface area contributed by atoms with Crippen molar-refractivity contribution in [3.63, 3.8) is 0 Å². The summed E-state index contributed by atoms with van der Waals surface area (Å²) in [6.07, 6.45) is 1.09. The maximum absolute atomic E-state index is 12.1. The predicted octanol–water partition coefficient (Wildman–Crippen LogP) is 3.09. The van der Waals surface area contributed by atoms with Gasteiger partial charge in [0, 0.05) is 5.88 Å². The van der Waals surface area contributed by atoms with Gasteiger partial charge >= 0.3 is 12.6 Å². The number of carbonyl (C=O) groups is 1. The van der Waals surface area contributed by atoms with E-state index in [4.69, 9.17) is 16.7 Å². The number of carboxylic acids is 1. The highest BCUT2D eigenvalue weighted by atomic mass is 35.5. The Morgan fingerprint density at radius 2 is 2.11 bits per heavy atom. The van der Waals surface area contributed by atoms with E-state index in [1.54, 1.807) is 6.07 Å². The van der Waals surface area contributed by atoms with Gasteiger partial charge in [-0.25, -0.2) is 0 Å². The zero-order valence-electron chi connectivity index (χ0n) is 9.54. The molecule has 0 amide bonds.